The van der Waals surface area contributed by atoms with Gasteiger partial charge in [0.2, 0.25) is 0 Å². The molecule has 1 aliphatic heterocycles. The number of H-pyrrole nitrogens is 1. The van der Waals surface area contributed by atoms with Gasteiger partial charge in [0.25, 0.3) is 5.91 Å². The first-order chi connectivity index (χ1) is 14.2. The number of hydrogen-bond donors (Lipinski definition) is 1. The summed E-state index contributed by atoms with van der Waals surface area (Å²) < 4.78 is 10.1. The minimum atomic E-state index is -0.783. The number of aromatic amines is 1. The summed E-state index contributed by atoms with van der Waals surface area (Å²) in [6.07, 6.45) is 0.333. The maximum atomic E-state index is 12.8. The molecule has 0 saturated heterocycles. The number of nitrogens with one attached hydrogen (secondary N) is 1. The number of nitrogens with zero attached hydrogens (tertiary/aromatic N) is 1. The number of amides is 1. The van der Waals surface area contributed by atoms with Crippen molar-refractivity contribution in [1.29, 1.82) is 0 Å². The Kier molecular flexibility index (Phi) is 6.05. The van der Waals surface area contributed by atoms with Gasteiger partial charge in [-0.2, -0.15) is 0 Å². The van der Waals surface area contributed by atoms with E-state index >= 15 is 0 Å². The third kappa shape index (κ3) is 3.98. The van der Waals surface area contributed by atoms with Crippen molar-refractivity contribution in [2.24, 2.45) is 0 Å². The molecule has 0 unspecified atom stereocenters. The van der Waals surface area contributed by atoms with Gasteiger partial charge >= 0.3 is 11.9 Å². The average molecular weight is 412 g/mol. The number of aryl methyl sites for hydroxylation is 1. The first-order valence-electron chi connectivity index (χ1n) is 9.55. The van der Waals surface area contributed by atoms with Crippen LogP contribution in [-0.4, -0.2) is 53.3 Å². The van der Waals surface area contributed by atoms with E-state index in [1.165, 1.54) is 18.9 Å². The van der Waals surface area contributed by atoms with E-state index in [9.17, 15) is 19.2 Å². The zero-order valence-corrected chi connectivity index (χ0v) is 17.4. The lowest BCUT2D eigenvalue weighted by Gasteiger charge is -2.35. The number of carbonyl (C=O) groups is 4. The molecule has 0 fully saturated rings. The number of methoxy groups -OCH3 is 1. The normalized spacial score (nSPS) is 15.3. The van der Waals surface area contributed by atoms with Crippen molar-refractivity contribution in [3.05, 3.63) is 57.9 Å². The Hall–Kier alpha value is -3.42. The number of carbonyl (C=O) groups excluding carboxylic acids is 4. The van der Waals surface area contributed by atoms with Crippen LogP contribution in [0.25, 0.3) is 0 Å². The molecule has 8 heteroatoms. The highest BCUT2D eigenvalue weighted by molar-refractivity contribution is 6.01. The first kappa shape index (κ1) is 21.3. The summed E-state index contributed by atoms with van der Waals surface area (Å²) in [7, 11) is 1.27. The second-order valence-electron chi connectivity index (χ2n) is 7.29. The molecule has 8 nitrogen and oxygen atoms in total. The van der Waals surface area contributed by atoms with Gasteiger partial charge in [-0.25, -0.2) is 9.59 Å². The number of benzene rings is 1. The van der Waals surface area contributed by atoms with Crippen molar-refractivity contribution in [2.45, 2.75) is 39.8 Å². The molecule has 1 atom stereocenters. The molecule has 30 heavy (non-hydrogen) atoms. The van der Waals surface area contributed by atoms with Crippen LogP contribution in [0.3, 0.4) is 0 Å². The number of ketones is 1. The predicted molar refractivity (Wildman–Crippen MR) is 107 cm³/mol. The Bertz CT molecular complexity index is 1020. The van der Waals surface area contributed by atoms with Crippen LogP contribution < -0.4 is 0 Å². The van der Waals surface area contributed by atoms with Gasteiger partial charge in [0.15, 0.2) is 12.4 Å². The molecule has 1 amide bonds. The maximum Gasteiger partial charge on any atom is 0.355 e. The molecule has 2 heterocycles. The van der Waals surface area contributed by atoms with Crippen molar-refractivity contribution in [3.8, 4) is 0 Å². The maximum absolute atomic E-state index is 12.8. The Morgan fingerprint density at radius 3 is 2.40 bits per heavy atom. The van der Waals surface area contributed by atoms with Gasteiger partial charge in [-0.1, -0.05) is 24.3 Å². The second-order valence-corrected chi connectivity index (χ2v) is 7.29. The van der Waals surface area contributed by atoms with Gasteiger partial charge in [0, 0.05) is 24.2 Å². The molecule has 0 spiro atoms. The summed E-state index contributed by atoms with van der Waals surface area (Å²) in [5, 5.41) is 0. The SMILES string of the molecule is COC(=O)[C@@H]1Cc2ccccc2CN1C(=O)COC(=O)c1[nH]c(C)c(C(C)=O)c1C. The predicted octanol–water partition coefficient (Wildman–Crippen LogP) is 2.12. The van der Waals surface area contributed by atoms with Gasteiger partial charge < -0.3 is 19.4 Å². The van der Waals surface area contributed by atoms with Crippen LogP contribution in [0.4, 0.5) is 0 Å². The van der Waals surface area contributed by atoms with Crippen molar-refractivity contribution in [3.63, 3.8) is 0 Å². The fourth-order valence-corrected chi connectivity index (χ4v) is 3.90. The molecule has 1 aliphatic rings. The third-order valence-electron chi connectivity index (χ3n) is 5.36. The Morgan fingerprint density at radius 2 is 1.80 bits per heavy atom. The number of hydrogen-bond acceptors (Lipinski definition) is 6. The fraction of sp³-hybridized carbons (Fsp3) is 0.364. The van der Waals surface area contributed by atoms with E-state index in [4.69, 9.17) is 9.47 Å². The minimum absolute atomic E-state index is 0.138. The highest BCUT2D eigenvalue weighted by Crippen LogP contribution is 2.24. The summed E-state index contributed by atoms with van der Waals surface area (Å²) in [4.78, 5) is 53.5. The zero-order valence-electron chi connectivity index (χ0n) is 17.4. The van der Waals surface area contributed by atoms with Gasteiger partial charge in [-0.05, 0) is 37.5 Å². The van der Waals surface area contributed by atoms with E-state index in [0.29, 0.717) is 23.2 Å². The van der Waals surface area contributed by atoms with Crippen molar-refractivity contribution in [1.82, 2.24) is 9.88 Å². The number of aromatic nitrogens is 1. The van der Waals surface area contributed by atoms with Gasteiger partial charge in [-0.3, -0.25) is 9.59 Å². The third-order valence-corrected chi connectivity index (χ3v) is 5.36. The van der Waals surface area contributed by atoms with Gasteiger partial charge in [-0.15, -0.1) is 0 Å². The highest BCUT2D eigenvalue weighted by atomic mass is 16.5. The number of esters is 2. The van der Waals surface area contributed by atoms with Crippen LogP contribution in [0, 0.1) is 13.8 Å². The molecule has 0 bridgehead atoms. The molecule has 3 rings (SSSR count). The standard InChI is InChI=1S/C22H24N2O6/c1-12-19(14(3)25)13(2)23-20(12)22(28)30-11-18(26)24-10-16-8-6-5-7-15(16)9-17(24)21(27)29-4/h5-8,17,23H,9-11H2,1-4H3/t17-/m0/s1. The molecule has 1 N–H and O–H groups in total. The molecule has 0 radical (unpaired) electrons. The van der Waals surface area contributed by atoms with E-state index in [0.717, 1.165) is 11.1 Å². The van der Waals surface area contributed by atoms with Crippen LogP contribution in [0.15, 0.2) is 24.3 Å². The van der Waals surface area contributed by atoms with E-state index in [1.54, 1.807) is 13.8 Å². The minimum Gasteiger partial charge on any atom is -0.467 e. The van der Waals surface area contributed by atoms with Crippen molar-refractivity contribution in [2.75, 3.05) is 13.7 Å². The average Bonchev–Trinajstić information content (AvgIpc) is 3.04. The van der Waals surface area contributed by atoms with Crippen LogP contribution in [0.1, 0.15) is 50.2 Å². The van der Waals surface area contributed by atoms with E-state index < -0.39 is 30.5 Å². The zero-order chi connectivity index (χ0) is 22.0. The molecule has 2 aromatic rings. The van der Waals surface area contributed by atoms with Crippen molar-refractivity contribution >= 4 is 23.6 Å². The lowest BCUT2D eigenvalue weighted by Crippen LogP contribution is -2.50. The van der Waals surface area contributed by atoms with Crippen LogP contribution in [0.5, 0.6) is 0 Å². The lowest BCUT2D eigenvalue weighted by atomic mass is 9.94. The molecule has 1 aromatic carbocycles. The highest BCUT2D eigenvalue weighted by Gasteiger charge is 2.35. The smallest absolute Gasteiger partial charge is 0.355 e. The van der Waals surface area contributed by atoms with Gasteiger partial charge in [0.05, 0.1) is 7.11 Å². The summed E-state index contributed by atoms with van der Waals surface area (Å²) in [5.74, 6) is -1.92. The van der Waals surface area contributed by atoms with Crippen LogP contribution in [-0.2, 0) is 32.0 Å². The molecule has 0 aliphatic carbocycles. The molecular formula is C22H24N2O6. The lowest BCUT2D eigenvalue weighted by molar-refractivity contribution is -0.155. The Balaban J connectivity index is 1.75. The summed E-state index contributed by atoms with van der Waals surface area (Å²) in [6, 6.07) is 6.76. The monoisotopic (exact) mass is 412 g/mol. The van der Waals surface area contributed by atoms with E-state index in [2.05, 4.69) is 4.98 Å². The second kappa shape index (κ2) is 8.52. The fourth-order valence-electron chi connectivity index (χ4n) is 3.90. The van der Waals surface area contributed by atoms with Gasteiger partial charge in [0.1, 0.15) is 11.7 Å². The van der Waals surface area contributed by atoms with Crippen LogP contribution in [0.2, 0.25) is 0 Å². The Labute approximate surface area is 174 Å². The molecule has 0 saturated carbocycles. The molecule has 158 valence electrons. The summed E-state index contributed by atoms with van der Waals surface area (Å²) >= 11 is 0. The summed E-state index contributed by atoms with van der Waals surface area (Å²) in [6.45, 7) is 4.46. The molecular weight excluding hydrogens is 388 g/mol. The number of Topliss-reactive ketones (excluding diaryl/α,β-unsaturated/α-hetero) is 1. The Morgan fingerprint density at radius 1 is 1.13 bits per heavy atom. The largest absolute Gasteiger partial charge is 0.467 e. The first-order valence-corrected chi connectivity index (χ1v) is 9.55. The topological polar surface area (TPSA) is 106 Å². The number of ether oxygens (including phenoxy) is 2. The molecule has 1 aromatic heterocycles. The van der Waals surface area contributed by atoms with Crippen molar-refractivity contribution < 1.29 is 28.7 Å². The summed E-state index contributed by atoms with van der Waals surface area (Å²) in [5.41, 5.74) is 3.53. The quantitative estimate of drug-likeness (QED) is 0.596. The van der Waals surface area contributed by atoms with E-state index in [1.807, 2.05) is 24.3 Å². The number of rotatable bonds is 5. The number of fused-ring (bicyclic) bond motifs is 1. The van der Waals surface area contributed by atoms with Crippen LogP contribution >= 0.6 is 0 Å². The van der Waals surface area contributed by atoms with E-state index in [-0.39, 0.29) is 18.0 Å².